The monoisotopic (exact) mass is 284 g/mol. The van der Waals surface area contributed by atoms with Crippen molar-refractivity contribution in [3.8, 4) is 6.01 Å². The van der Waals surface area contributed by atoms with Crippen LogP contribution in [0.1, 0.15) is 19.3 Å². The average molecular weight is 285 g/mol. The second kappa shape index (κ2) is 5.88. The number of hydrogen-bond donors (Lipinski definition) is 0. The maximum Gasteiger partial charge on any atom is 0.322 e. The minimum Gasteiger partial charge on any atom is -0.463 e. The van der Waals surface area contributed by atoms with Crippen molar-refractivity contribution in [2.75, 3.05) is 37.8 Å². The van der Waals surface area contributed by atoms with Gasteiger partial charge in [-0.15, -0.1) is 0 Å². The highest BCUT2D eigenvalue weighted by atomic mass is 35.5. The summed E-state index contributed by atoms with van der Waals surface area (Å²) in [6, 6.07) is 0.314. The maximum atomic E-state index is 5.93. The van der Waals surface area contributed by atoms with E-state index in [4.69, 9.17) is 21.1 Å². The van der Waals surface area contributed by atoms with Gasteiger partial charge in [0.1, 0.15) is 0 Å². The zero-order chi connectivity index (χ0) is 13.1. The fraction of sp³-hybridized carbons (Fsp3) is 0.750. The van der Waals surface area contributed by atoms with Gasteiger partial charge in [0, 0.05) is 25.6 Å². The van der Waals surface area contributed by atoms with Crippen molar-refractivity contribution in [3.63, 3.8) is 0 Å². The molecule has 0 saturated carbocycles. The first kappa shape index (κ1) is 12.9. The van der Waals surface area contributed by atoms with E-state index in [-0.39, 0.29) is 5.28 Å². The summed E-state index contributed by atoms with van der Waals surface area (Å²) in [5.74, 6) is 1.04. The third kappa shape index (κ3) is 3.25. The van der Waals surface area contributed by atoms with Crippen LogP contribution in [-0.4, -0.2) is 47.9 Å². The zero-order valence-corrected chi connectivity index (χ0v) is 11.5. The third-order valence-electron chi connectivity index (χ3n) is 3.44. The number of nitrogens with zero attached hydrogens (tertiary/aromatic N) is 4. The Kier molecular flexibility index (Phi) is 3.98. The predicted molar refractivity (Wildman–Crippen MR) is 70.7 cm³/mol. The van der Waals surface area contributed by atoms with Crippen molar-refractivity contribution in [1.82, 2.24) is 15.0 Å². The maximum absolute atomic E-state index is 5.93. The quantitative estimate of drug-likeness (QED) is 0.836. The lowest BCUT2D eigenvalue weighted by Crippen LogP contribution is -2.21. The molecular formula is C12H17ClN4O2. The number of rotatable bonds is 4. The Balaban J connectivity index is 1.66. The molecule has 0 radical (unpaired) electrons. The van der Waals surface area contributed by atoms with Gasteiger partial charge in [0.2, 0.25) is 11.2 Å². The number of hydrogen-bond acceptors (Lipinski definition) is 6. The Morgan fingerprint density at radius 3 is 2.84 bits per heavy atom. The van der Waals surface area contributed by atoms with Gasteiger partial charge in [-0.05, 0) is 30.9 Å². The first-order valence-electron chi connectivity index (χ1n) is 6.68. The number of anilines is 1. The van der Waals surface area contributed by atoms with Crippen LogP contribution in [0.5, 0.6) is 6.01 Å². The molecule has 0 aliphatic carbocycles. The summed E-state index contributed by atoms with van der Waals surface area (Å²) in [7, 11) is 0. The molecule has 1 aromatic rings. The molecule has 0 N–H and O–H groups in total. The minimum absolute atomic E-state index is 0.189. The van der Waals surface area contributed by atoms with Gasteiger partial charge in [-0.3, -0.25) is 0 Å². The smallest absolute Gasteiger partial charge is 0.322 e. The van der Waals surface area contributed by atoms with Crippen LogP contribution >= 0.6 is 11.6 Å². The Labute approximate surface area is 117 Å². The van der Waals surface area contributed by atoms with E-state index in [9.17, 15) is 0 Å². The molecule has 6 nitrogen and oxygen atoms in total. The Morgan fingerprint density at radius 1 is 1.26 bits per heavy atom. The largest absolute Gasteiger partial charge is 0.463 e. The van der Waals surface area contributed by atoms with Gasteiger partial charge in [0.15, 0.2) is 0 Å². The van der Waals surface area contributed by atoms with Gasteiger partial charge in [-0.1, -0.05) is 0 Å². The predicted octanol–water partition coefficient (Wildman–Crippen LogP) is 1.54. The summed E-state index contributed by atoms with van der Waals surface area (Å²) in [6.45, 7) is 4.06. The molecule has 0 spiro atoms. The molecule has 19 heavy (non-hydrogen) atoms. The molecule has 2 fully saturated rings. The summed E-state index contributed by atoms with van der Waals surface area (Å²) in [5.41, 5.74) is 0. The normalized spacial score (nSPS) is 23.0. The van der Waals surface area contributed by atoms with Crippen LogP contribution in [0, 0.1) is 5.92 Å². The first-order valence-corrected chi connectivity index (χ1v) is 7.06. The van der Waals surface area contributed by atoms with Crippen molar-refractivity contribution in [2.24, 2.45) is 5.92 Å². The van der Waals surface area contributed by atoms with Crippen molar-refractivity contribution in [2.45, 2.75) is 19.3 Å². The summed E-state index contributed by atoms with van der Waals surface area (Å²) in [6.07, 6.45) is 3.36. The number of aromatic nitrogens is 3. The van der Waals surface area contributed by atoms with Gasteiger partial charge in [0.25, 0.3) is 0 Å². The number of halogens is 1. The van der Waals surface area contributed by atoms with Crippen LogP contribution in [0.4, 0.5) is 5.95 Å². The van der Waals surface area contributed by atoms with Crippen LogP contribution in [-0.2, 0) is 4.74 Å². The molecule has 2 aliphatic heterocycles. The molecule has 0 bridgehead atoms. The summed E-state index contributed by atoms with van der Waals surface area (Å²) in [4.78, 5) is 14.6. The van der Waals surface area contributed by atoms with Crippen LogP contribution in [0.3, 0.4) is 0 Å². The van der Waals surface area contributed by atoms with Gasteiger partial charge >= 0.3 is 6.01 Å². The van der Waals surface area contributed by atoms with E-state index in [2.05, 4.69) is 19.9 Å². The van der Waals surface area contributed by atoms with E-state index in [0.717, 1.165) is 32.7 Å². The van der Waals surface area contributed by atoms with Crippen LogP contribution in [0.15, 0.2) is 0 Å². The minimum atomic E-state index is 0.189. The fourth-order valence-corrected chi connectivity index (χ4v) is 2.50. The highest BCUT2D eigenvalue weighted by Gasteiger charge is 2.19. The van der Waals surface area contributed by atoms with Gasteiger partial charge in [0.05, 0.1) is 13.2 Å². The summed E-state index contributed by atoms with van der Waals surface area (Å²) < 4.78 is 10.9. The molecular weight excluding hydrogens is 268 g/mol. The lowest BCUT2D eigenvalue weighted by molar-refractivity contribution is 0.163. The molecule has 1 atom stereocenters. The molecule has 1 aromatic heterocycles. The van der Waals surface area contributed by atoms with Gasteiger partial charge < -0.3 is 14.4 Å². The summed E-state index contributed by atoms with van der Waals surface area (Å²) >= 11 is 5.93. The van der Waals surface area contributed by atoms with Gasteiger partial charge in [-0.25, -0.2) is 0 Å². The van der Waals surface area contributed by atoms with Crippen molar-refractivity contribution < 1.29 is 9.47 Å². The number of ether oxygens (including phenoxy) is 2. The standard InChI is InChI=1S/C12H17ClN4O2/c13-10-14-11(17-4-1-2-5-17)16-12(15-10)19-8-9-3-6-18-7-9/h9H,1-8H2. The molecule has 3 rings (SSSR count). The third-order valence-corrected chi connectivity index (χ3v) is 3.61. The van der Waals surface area contributed by atoms with E-state index in [1.165, 1.54) is 12.8 Å². The molecule has 7 heteroatoms. The second-order valence-corrected chi connectivity index (χ2v) is 5.26. The Hall–Kier alpha value is -1.14. The molecule has 0 amide bonds. The Bertz CT molecular complexity index is 434. The topological polar surface area (TPSA) is 60.4 Å². The fourth-order valence-electron chi connectivity index (χ4n) is 2.35. The highest BCUT2D eigenvalue weighted by Crippen LogP contribution is 2.20. The highest BCUT2D eigenvalue weighted by molar-refractivity contribution is 6.28. The molecule has 1 unspecified atom stereocenters. The van der Waals surface area contributed by atoms with E-state index < -0.39 is 0 Å². The van der Waals surface area contributed by atoms with E-state index >= 15 is 0 Å². The van der Waals surface area contributed by atoms with Gasteiger partial charge in [-0.2, -0.15) is 15.0 Å². The molecule has 104 valence electrons. The SMILES string of the molecule is Clc1nc(OCC2CCOC2)nc(N2CCCC2)n1. The molecule has 0 aromatic carbocycles. The van der Waals surface area contributed by atoms with Crippen LogP contribution in [0.2, 0.25) is 5.28 Å². The summed E-state index contributed by atoms with van der Waals surface area (Å²) in [5, 5.41) is 0.189. The van der Waals surface area contributed by atoms with Crippen LogP contribution < -0.4 is 9.64 Å². The van der Waals surface area contributed by atoms with Crippen molar-refractivity contribution in [3.05, 3.63) is 5.28 Å². The first-order chi connectivity index (χ1) is 9.31. The lowest BCUT2D eigenvalue weighted by Gasteiger charge is -2.16. The molecule has 2 aliphatic rings. The lowest BCUT2D eigenvalue weighted by atomic mass is 10.1. The van der Waals surface area contributed by atoms with Crippen molar-refractivity contribution in [1.29, 1.82) is 0 Å². The Morgan fingerprint density at radius 2 is 2.11 bits per heavy atom. The van der Waals surface area contributed by atoms with E-state index in [1.54, 1.807) is 0 Å². The zero-order valence-electron chi connectivity index (χ0n) is 10.7. The molecule has 2 saturated heterocycles. The van der Waals surface area contributed by atoms with Crippen LogP contribution in [0.25, 0.3) is 0 Å². The second-order valence-electron chi connectivity index (χ2n) is 4.92. The van der Waals surface area contributed by atoms with E-state index in [0.29, 0.717) is 24.5 Å². The molecule has 3 heterocycles. The average Bonchev–Trinajstić information content (AvgIpc) is 3.09. The van der Waals surface area contributed by atoms with Crippen molar-refractivity contribution >= 4 is 17.5 Å². The van der Waals surface area contributed by atoms with E-state index in [1.807, 2.05) is 0 Å².